The maximum Gasteiger partial charge on any atom is 0.356 e. The number of H-pyrrole nitrogens is 1. The van der Waals surface area contributed by atoms with Crippen molar-refractivity contribution in [1.29, 1.82) is 0 Å². The van der Waals surface area contributed by atoms with Gasteiger partial charge in [-0.1, -0.05) is 29.8 Å². The monoisotopic (exact) mass is 442 g/mol. The predicted octanol–water partition coefficient (Wildman–Crippen LogP) is 3.24. The van der Waals surface area contributed by atoms with E-state index in [2.05, 4.69) is 4.98 Å². The Labute approximate surface area is 182 Å². The van der Waals surface area contributed by atoms with Gasteiger partial charge in [-0.15, -0.1) is 0 Å². The van der Waals surface area contributed by atoms with Crippen molar-refractivity contribution in [2.45, 2.75) is 0 Å². The van der Waals surface area contributed by atoms with Crippen LogP contribution in [0.3, 0.4) is 0 Å². The Morgan fingerprint density at radius 1 is 1.06 bits per heavy atom. The molecule has 0 radical (unpaired) electrons. The molecular formula is C21H19ClN4O5. The van der Waals surface area contributed by atoms with Gasteiger partial charge in [0.05, 0.1) is 9.95 Å². The van der Waals surface area contributed by atoms with Crippen LogP contribution in [0.2, 0.25) is 5.02 Å². The number of amides is 1. The van der Waals surface area contributed by atoms with Gasteiger partial charge in [-0.2, -0.15) is 0 Å². The van der Waals surface area contributed by atoms with Crippen molar-refractivity contribution in [3.05, 3.63) is 69.4 Å². The van der Waals surface area contributed by atoms with E-state index >= 15 is 0 Å². The third kappa shape index (κ3) is 4.31. The van der Waals surface area contributed by atoms with Crippen LogP contribution in [0.4, 0.5) is 11.4 Å². The molecule has 1 aromatic heterocycles. The van der Waals surface area contributed by atoms with E-state index in [1.165, 1.54) is 12.1 Å². The summed E-state index contributed by atoms with van der Waals surface area (Å²) in [5, 5.41) is 11.8. The zero-order chi connectivity index (χ0) is 22.0. The number of para-hydroxylation sites is 1. The molecule has 1 amide bonds. The van der Waals surface area contributed by atoms with Crippen molar-refractivity contribution >= 4 is 45.8 Å². The van der Waals surface area contributed by atoms with E-state index in [4.69, 9.17) is 16.3 Å². The number of carbonyl (C=O) groups is 2. The third-order valence-electron chi connectivity index (χ3n) is 5.23. The predicted molar refractivity (Wildman–Crippen MR) is 115 cm³/mol. The molecule has 0 atom stereocenters. The van der Waals surface area contributed by atoms with Gasteiger partial charge in [0.25, 0.3) is 11.6 Å². The zero-order valence-electron chi connectivity index (χ0n) is 16.4. The Balaban J connectivity index is 1.30. The molecule has 10 heteroatoms. The summed E-state index contributed by atoms with van der Waals surface area (Å²) in [6, 6.07) is 13.5. The second-order valence-corrected chi connectivity index (χ2v) is 7.46. The Kier molecular flexibility index (Phi) is 5.77. The number of esters is 1. The molecule has 0 aliphatic carbocycles. The van der Waals surface area contributed by atoms with Crippen LogP contribution in [0.15, 0.2) is 48.5 Å². The maximum atomic E-state index is 12.5. The number of aromatic amines is 1. The van der Waals surface area contributed by atoms with Crippen LogP contribution in [0.25, 0.3) is 10.9 Å². The van der Waals surface area contributed by atoms with Crippen LogP contribution >= 0.6 is 11.6 Å². The maximum absolute atomic E-state index is 12.5. The number of rotatable bonds is 5. The van der Waals surface area contributed by atoms with Crippen LogP contribution in [0.5, 0.6) is 0 Å². The number of hydrogen-bond acceptors (Lipinski definition) is 6. The lowest BCUT2D eigenvalue weighted by Gasteiger charge is -2.36. The number of nitro groups is 1. The summed E-state index contributed by atoms with van der Waals surface area (Å²) in [5.74, 6) is -0.969. The fourth-order valence-corrected chi connectivity index (χ4v) is 3.83. The number of anilines is 1. The van der Waals surface area contributed by atoms with Crippen LogP contribution in [0.1, 0.15) is 10.5 Å². The minimum absolute atomic E-state index is 0.0365. The Morgan fingerprint density at radius 3 is 2.39 bits per heavy atom. The first-order valence-electron chi connectivity index (χ1n) is 9.64. The molecule has 0 unspecified atom stereocenters. The topological polar surface area (TPSA) is 109 Å². The fraction of sp³-hybridized carbons (Fsp3) is 0.238. The lowest BCUT2D eigenvalue weighted by atomic mass is 10.2. The molecule has 2 aromatic carbocycles. The highest BCUT2D eigenvalue weighted by Gasteiger charge is 2.24. The lowest BCUT2D eigenvalue weighted by molar-refractivity contribution is -0.384. The van der Waals surface area contributed by atoms with Crippen molar-refractivity contribution in [3.63, 3.8) is 0 Å². The number of aromatic nitrogens is 1. The van der Waals surface area contributed by atoms with Crippen molar-refractivity contribution in [2.24, 2.45) is 0 Å². The molecule has 1 fully saturated rings. The second kappa shape index (κ2) is 8.65. The van der Waals surface area contributed by atoms with Crippen molar-refractivity contribution < 1.29 is 19.2 Å². The highest BCUT2D eigenvalue weighted by Crippen LogP contribution is 2.27. The average Bonchev–Trinajstić information content (AvgIpc) is 3.14. The molecule has 1 aliphatic rings. The molecule has 4 rings (SSSR count). The van der Waals surface area contributed by atoms with E-state index in [0.29, 0.717) is 37.1 Å². The number of hydrogen-bond donors (Lipinski definition) is 1. The molecule has 0 saturated carbocycles. The molecular weight excluding hydrogens is 424 g/mol. The van der Waals surface area contributed by atoms with Crippen LogP contribution in [-0.2, 0) is 9.53 Å². The van der Waals surface area contributed by atoms with Crippen LogP contribution in [0, 0.1) is 10.1 Å². The number of nitrogens with one attached hydrogen (secondary N) is 1. The molecule has 0 spiro atoms. The molecule has 1 saturated heterocycles. The lowest BCUT2D eigenvalue weighted by Crippen LogP contribution is -2.49. The molecule has 0 bridgehead atoms. The molecule has 3 aromatic rings. The van der Waals surface area contributed by atoms with E-state index in [1.54, 1.807) is 29.2 Å². The number of piperazine rings is 1. The molecule has 9 nitrogen and oxygen atoms in total. The number of ether oxygens (including phenoxy) is 1. The smallest absolute Gasteiger partial charge is 0.356 e. The van der Waals surface area contributed by atoms with E-state index in [-0.39, 0.29) is 28.9 Å². The van der Waals surface area contributed by atoms with Gasteiger partial charge in [0.15, 0.2) is 6.61 Å². The number of carbonyl (C=O) groups excluding carboxylic acids is 2. The number of nitro benzene ring substituents is 1. The third-order valence-corrected chi connectivity index (χ3v) is 5.62. The van der Waals surface area contributed by atoms with Gasteiger partial charge >= 0.3 is 5.97 Å². The summed E-state index contributed by atoms with van der Waals surface area (Å²) in [6.07, 6.45) is 0. The fourth-order valence-electron chi connectivity index (χ4n) is 3.54. The van der Waals surface area contributed by atoms with E-state index in [0.717, 1.165) is 5.69 Å². The van der Waals surface area contributed by atoms with Gasteiger partial charge in [-0.3, -0.25) is 14.9 Å². The molecule has 1 N–H and O–H groups in total. The van der Waals surface area contributed by atoms with E-state index in [1.807, 2.05) is 17.0 Å². The number of non-ortho nitro benzene ring substituents is 1. The minimum atomic E-state index is -0.681. The molecule has 1 aliphatic heterocycles. The second-order valence-electron chi connectivity index (χ2n) is 7.08. The Hall–Kier alpha value is -3.59. The van der Waals surface area contributed by atoms with Gasteiger partial charge in [0, 0.05) is 54.9 Å². The summed E-state index contributed by atoms with van der Waals surface area (Å²) in [5.41, 5.74) is 1.74. The van der Waals surface area contributed by atoms with Crippen LogP contribution < -0.4 is 4.90 Å². The van der Waals surface area contributed by atoms with Crippen molar-refractivity contribution in [2.75, 3.05) is 37.7 Å². The standard InChI is InChI=1S/C21H19ClN4O5/c22-19-16-3-1-2-4-17(16)23-20(19)21(28)31-13-18(27)25-11-9-24(10-12-25)14-5-7-15(8-6-14)26(29)30/h1-8,23H,9-13H2. The van der Waals surface area contributed by atoms with Gasteiger partial charge in [-0.05, 0) is 18.2 Å². The van der Waals surface area contributed by atoms with Crippen LogP contribution in [-0.4, -0.2) is 59.5 Å². The van der Waals surface area contributed by atoms with Gasteiger partial charge in [0.1, 0.15) is 5.69 Å². The summed E-state index contributed by atoms with van der Waals surface area (Å²) < 4.78 is 5.18. The highest BCUT2D eigenvalue weighted by molar-refractivity contribution is 6.38. The number of fused-ring (bicyclic) bond motifs is 1. The summed E-state index contributed by atoms with van der Waals surface area (Å²) in [4.78, 5) is 41.8. The van der Waals surface area contributed by atoms with Crippen molar-refractivity contribution in [1.82, 2.24) is 9.88 Å². The first-order chi connectivity index (χ1) is 14.9. The molecule has 31 heavy (non-hydrogen) atoms. The first kappa shape index (κ1) is 20.7. The largest absolute Gasteiger partial charge is 0.451 e. The number of halogens is 1. The first-order valence-corrected chi connectivity index (χ1v) is 10.0. The van der Waals surface area contributed by atoms with E-state index < -0.39 is 10.9 Å². The zero-order valence-corrected chi connectivity index (χ0v) is 17.2. The summed E-state index contributed by atoms with van der Waals surface area (Å²) >= 11 is 6.25. The Morgan fingerprint density at radius 2 is 1.74 bits per heavy atom. The summed E-state index contributed by atoms with van der Waals surface area (Å²) in [7, 11) is 0. The van der Waals surface area contributed by atoms with E-state index in [9.17, 15) is 19.7 Å². The summed E-state index contributed by atoms with van der Waals surface area (Å²) in [6.45, 7) is 1.69. The Bertz CT molecular complexity index is 1140. The minimum Gasteiger partial charge on any atom is -0.451 e. The quantitative estimate of drug-likeness (QED) is 0.369. The number of benzene rings is 2. The number of nitrogens with zero attached hydrogens (tertiary/aromatic N) is 3. The van der Waals surface area contributed by atoms with Gasteiger partial charge in [0.2, 0.25) is 0 Å². The molecule has 2 heterocycles. The van der Waals surface area contributed by atoms with Crippen molar-refractivity contribution in [3.8, 4) is 0 Å². The highest BCUT2D eigenvalue weighted by atomic mass is 35.5. The van der Waals surface area contributed by atoms with Gasteiger partial charge in [-0.25, -0.2) is 4.79 Å². The normalized spacial score (nSPS) is 14.0. The average molecular weight is 443 g/mol. The van der Waals surface area contributed by atoms with Gasteiger partial charge < -0.3 is 19.5 Å². The SMILES string of the molecule is O=C(OCC(=O)N1CCN(c2ccc([N+](=O)[O-])cc2)CC1)c1[nH]c2ccccc2c1Cl. The molecule has 160 valence electrons.